The van der Waals surface area contributed by atoms with Crippen molar-refractivity contribution in [2.75, 3.05) is 25.1 Å². The van der Waals surface area contributed by atoms with Crippen molar-refractivity contribution in [3.8, 4) is 5.82 Å². The van der Waals surface area contributed by atoms with Crippen LogP contribution in [0.2, 0.25) is 5.02 Å². The number of halogens is 2. The van der Waals surface area contributed by atoms with Gasteiger partial charge in [-0.25, -0.2) is 9.37 Å². The first kappa shape index (κ1) is 22.2. The van der Waals surface area contributed by atoms with Crippen LogP contribution in [0.4, 0.5) is 10.3 Å². The molecule has 10 heteroatoms. The Morgan fingerprint density at radius 2 is 2.16 bits per heavy atom. The molecule has 4 rings (SSSR count). The summed E-state index contributed by atoms with van der Waals surface area (Å²) in [6.07, 6.45) is 5.77. The Morgan fingerprint density at radius 1 is 1.34 bits per heavy atom. The molecular formula is C22H23ClFN5O3. The van der Waals surface area contributed by atoms with Crippen molar-refractivity contribution in [2.24, 2.45) is 0 Å². The Hall–Kier alpha value is -3.01. The molecule has 0 spiro atoms. The fourth-order valence-corrected chi connectivity index (χ4v) is 3.69. The van der Waals surface area contributed by atoms with Gasteiger partial charge in [0, 0.05) is 36.7 Å². The topological polar surface area (TPSA) is 101 Å². The molecule has 3 N–H and O–H groups in total. The van der Waals surface area contributed by atoms with Crippen LogP contribution in [0, 0.1) is 5.82 Å². The minimum absolute atomic E-state index is 0.0298. The second-order valence-corrected chi connectivity index (χ2v) is 7.90. The fraction of sp³-hybridized carbons (Fsp3) is 0.318. The number of aliphatic hydroxyl groups excluding tert-OH is 1. The molecule has 1 unspecified atom stereocenters. The van der Waals surface area contributed by atoms with Crippen LogP contribution in [0.15, 0.2) is 48.9 Å². The summed E-state index contributed by atoms with van der Waals surface area (Å²) in [6, 6.07) is 7.98. The molecule has 32 heavy (non-hydrogen) atoms. The molecule has 168 valence electrons. The lowest BCUT2D eigenvalue weighted by atomic mass is 10.1. The minimum Gasteiger partial charge on any atom is -0.394 e. The molecule has 1 aromatic carbocycles. The Kier molecular flexibility index (Phi) is 6.99. The van der Waals surface area contributed by atoms with Gasteiger partial charge in [0.05, 0.1) is 24.4 Å². The van der Waals surface area contributed by atoms with Crippen LogP contribution < -0.4 is 10.6 Å². The number of aliphatic hydroxyl groups is 1. The minimum atomic E-state index is -0.629. The standard InChI is InChI=1S/C22H23ClFN5O3/c23-16-3-1-2-14(10-16)19(13-30)27-21(31)15-4-7-29(12-15)20-18(24)11-25-22(28-20)26-17-5-8-32-9-6-17/h1-4,7,10-12,17,19,30H,5-6,8-9,13H2,(H,27,31)(H,25,26,28). The summed E-state index contributed by atoms with van der Waals surface area (Å²) in [7, 11) is 0. The SMILES string of the molecule is O=C(NC(CO)c1cccc(Cl)c1)c1ccn(-c2nc(NC3CCOCC3)ncc2F)c1. The van der Waals surface area contributed by atoms with Crippen LogP contribution in [-0.2, 0) is 4.74 Å². The average molecular weight is 460 g/mol. The molecule has 1 atom stereocenters. The predicted octanol–water partition coefficient (Wildman–Crippen LogP) is 3.11. The van der Waals surface area contributed by atoms with Crippen molar-refractivity contribution in [3.05, 3.63) is 70.9 Å². The zero-order chi connectivity index (χ0) is 22.5. The third-order valence-corrected chi connectivity index (χ3v) is 5.45. The molecular weight excluding hydrogens is 437 g/mol. The lowest BCUT2D eigenvalue weighted by molar-refractivity contribution is 0.0902. The normalized spacial score (nSPS) is 15.3. The van der Waals surface area contributed by atoms with E-state index in [4.69, 9.17) is 16.3 Å². The second-order valence-electron chi connectivity index (χ2n) is 7.47. The van der Waals surface area contributed by atoms with Gasteiger partial charge in [-0.3, -0.25) is 4.79 Å². The molecule has 0 saturated carbocycles. The third kappa shape index (κ3) is 5.24. The number of amides is 1. The second kappa shape index (κ2) is 10.1. The summed E-state index contributed by atoms with van der Waals surface area (Å²) in [6.45, 7) is 1.02. The lowest BCUT2D eigenvalue weighted by Gasteiger charge is -2.23. The average Bonchev–Trinajstić information content (AvgIpc) is 3.29. The fourth-order valence-electron chi connectivity index (χ4n) is 3.50. The number of aromatic nitrogens is 3. The molecule has 0 aliphatic carbocycles. The van der Waals surface area contributed by atoms with E-state index in [0.717, 1.165) is 19.0 Å². The van der Waals surface area contributed by atoms with Gasteiger partial charge < -0.3 is 25.0 Å². The van der Waals surface area contributed by atoms with E-state index in [1.807, 2.05) is 0 Å². The molecule has 1 amide bonds. The van der Waals surface area contributed by atoms with Crippen LogP contribution in [0.5, 0.6) is 0 Å². The van der Waals surface area contributed by atoms with Crippen LogP contribution in [0.3, 0.4) is 0 Å². The maximum atomic E-state index is 14.4. The molecule has 2 aromatic heterocycles. The highest BCUT2D eigenvalue weighted by atomic mass is 35.5. The highest BCUT2D eigenvalue weighted by Gasteiger charge is 2.19. The summed E-state index contributed by atoms with van der Waals surface area (Å²) in [5.41, 5.74) is 0.973. The summed E-state index contributed by atoms with van der Waals surface area (Å²) in [5.74, 6) is -0.688. The zero-order valence-corrected chi connectivity index (χ0v) is 17.9. The van der Waals surface area contributed by atoms with Crippen LogP contribution in [0.25, 0.3) is 5.82 Å². The van der Waals surface area contributed by atoms with E-state index >= 15 is 0 Å². The molecule has 1 aliphatic rings. The molecule has 1 saturated heterocycles. The molecule has 1 fully saturated rings. The van der Waals surface area contributed by atoms with Gasteiger partial charge in [-0.05, 0) is 36.6 Å². The third-order valence-electron chi connectivity index (χ3n) is 5.22. The van der Waals surface area contributed by atoms with E-state index in [1.165, 1.54) is 10.8 Å². The largest absolute Gasteiger partial charge is 0.394 e. The van der Waals surface area contributed by atoms with Gasteiger partial charge in [0.1, 0.15) is 0 Å². The summed E-state index contributed by atoms with van der Waals surface area (Å²) >= 11 is 6.00. The number of hydrogen-bond acceptors (Lipinski definition) is 6. The number of nitrogens with zero attached hydrogens (tertiary/aromatic N) is 3. The number of benzene rings is 1. The van der Waals surface area contributed by atoms with E-state index in [-0.39, 0.29) is 18.5 Å². The Labute approximate surface area is 189 Å². The predicted molar refractivity (Wildman–Crippen MR) is 118 cm³/mol. The quantitative estimate of drug-likeness (QED) is 0.502. The van der Waals surface area contributed by atoms with Gasteiger partial charge in [-0.15, -0.1) is 0 Å². The highest BCUT2D eigenvalue weighted by molar-refractivity contribution is 6.30. The van der Waals surface area contributed by atoms with Crippen LogP contribution in [-0.4, -0.2) is 51.4 Å². The first-order chi connectivity index (χ1) is 15.5. The number of nitrogens with one attached hydrogen (secondary N) is 2. The highest BCUT2D eigenvalue weighted by Crippen LogP contribution is 2.20. The van der Waals surface area contributed by atoms with Crippen molar-refractivity contribution in [2.45, 2.75) is 24.9 Å². The zero-order valence-electron chi connectivity index (χ0n) is 17.2. The van der Waals surface area contributed by atoms with Crippen molar-refractivity contribution in [3.63, 3.8) is 0 Å². The number of carbonyl (C=O) groups excluding carboxylic acids is 1. The molecule has 1 aliphatic heterocycles. The van der Waals surface area contributed by atoms with Gasteiger partial charge in [0.2, 0.25) is 5.95 Å². The monoisotopic (exact) mass is 459 g/mol. The number of carbonyl (C=O) groups is 1. The first-order valence-corrected chi connectivity index (χ1v) is 10.6. The van der Waals surface area contributed by atoms with E-state index in [0.29, 0.717) is 35.3 Å². The van der Waals surface area contributed by atoms with Gasteiger partial charge in [0.25, 0.3) is 5.91 Å². The molecule has 3 aromatic rings. The Balaban J connectivity index is 1.49. The van der Waals surface area contributed by atoms with E-state index in [1.54, 1.807) is 36.5 Å². The van der Waals surface area contributed by atoms with Crippen LogP contribution in [0.1, 0.15) is 34.8 Å². The van der Waals surface area contributed by atoms with Gasteiger partial charge in [-0.2, -0.15) is 4.98 Å². The molecule has 8 nitrogen and oxygen atoms in total. The van der Waals surface area contributed by atoms with Crippen LogP contribution >= 0.6 is 11.6 Å². The van der Waals surface area contributed by atoms with Crippen molar-refractivity contribution in [1.82, 2.24) is 19.9 Å². The lowest BCUT2D eigenvalue weighted by Crippen LogP contribution is -2.30. The Bertz CT molecular complexity index is 1090. The number of ether oxygens (including phenoxy) is 1. The number of rotatable bonds is 7. The summed E-state index contributed by atoms with van der Waals surface area (Å²) in [4.78, 5) is 21.0. The molecule has 0 bridgehead atoms. The number of hydrogen-bond donors (Lipinski definition) is 3. The molecule has 0 radical (unpaired) electrons. The van der Waals surface area contributed by atoms with Gasteiger partial charge in [-0.1, -0.05) is 23.7 Å². The van der Waals surface area contributed by atoms with Crippen molar-refractivity contribution in [1.29, 1.82) is 0 Å². The maximum absolute atomic E-state index is 14.4. The van der Waals surface area contributed by atoms with Crippen molar-refractivity contribution >= 4 is 23.5 Å². The maximum Gasteiger partial charge on any atom is 0.253 e. The van der Waals surface area contributed by atoms with Gasteiger partial charge in [0.15, 0.2) is 11.6 Å². The van der Waals surface area contributed by atoms with E-state index < -0.39 is 17.8 Å². The van der Waals surface area contributed by atoms with Crippen molar-refractivity contribution < 1.29 is 19.0 Å². The molecule has 3 heterocycles. The van der Waals surface area contributed by atoms with Gasteiger partial charge >= 0.3 is 0 Å². The summed E-state index contributed by atoms with van der Waals surface area (Å²) in [5, 5.41) is 16.2. The summed E-state index contributed by atoms with van der Waals surface area (Å²) < 4.78 is 21.2. The van der Waals surface area contributed by atoms with E-state index in [9.17, 15) is 14.3 Å². The smallest absolute Gasteiger partial charge is 0.253 e. The number of anilines is 1. The first-order valence-electron chi connectivity index (χ1n) is 10.3. The Morgan fingerprint density at radius 3 is 2.91 bits per heavy atom. The van der Waals surface area contributed by atoms with E-state index in [2.05, 4.69) is 20.6 Å².